The van der Waals surface area contributed by atoms with Gasteiger partial charge in [0, 0.05) is 5.69 Å². The fourth-order valence-corrected chi connectivity index (χ4v) is 1.60. The minimum atomic E-state index is 0.578. The number of aryl methyl sites for hydroxylation is 1. The third kappa shape index (κ3) is 2.56. The van der Waals surface area contributed by atoms with Gasteiger partial charge >= 0.3 is 0 Å². The van der Waals surface area contributed by atoms with E-state index in [1.54, 1.807) is 18.2 Å². The normalized spacial score (nSPS) is 9.65. The molecule has 17 heavy (non-hydrogen) atoms. The Morgan fingerprint density at radius 2 is 2.00 bits per heavy atom. The van der Waals surface area contributed by atoms with Crippen LogP contribution in [0.1, 0.15) is 5.56 Å². The predicted molar refractivity (Wildman–Crippen MR) is 71.6 cm³/mol. The minimum Gasteiger partial charge on any atom is -0.397 e. The van der Waals surface area contributed by atoms with Crippen LogP contribution in [0.2, 0.25) is 0 Å². The Hall–Kier alpha value is -2.47. The van der Waals surface area contributed by atoms with E-state index in [1.165, 1.54) is 5.56 Å². The number of nitrogens with two attached hydrogens (primary N) is 1. The van der Waals surface area contributed by atoms with E-state index in [9.17, 15) is 0 Å². The van der Waals surface area contributed by atoms with Crippen molar-refractivity contribution in [3.8, 4) is 0 Å². The van der Waals surface area contributed by atoms with Crippen LogP contribution in [0, 0.1) is 13.5 Å². The van der Waals surface area contributed by atoms with Crippen LogP contribution in [0.25, 0.3) is 4.85 Å². The Labute approximate surface area is 101 Å². The minimum absolute atomic E-state index is 0.578. The number of rotatable bonds is 2. The van der Waals surface area contributed by atoms with Crippen molar-refractivity contribution in [1.82, 2.24) is 0 Å². The summed E-state index contributed by atoms with van der Waals surface area (Å²) in [4.78, 5) is 3.39. The first kappa shape index (κ1) is 11.0. The molecule has 3 nitrogen and oxygen atoms in total. The summed E-state index contributed by atoms with van der Waals surface area (Å²) in [5.41, 5.74) is 10.00. The summed E-state index contributed by atoms with van der Waals surface area (Å²) in [7, 11) is 0. The monoisotopic (exact) mass is 223 g/mol. The zero-order valence-electron chi connectivity index (χ0n) is 9.57. The standard InChI is InChI=1S/C14H13N3/c1-10-4-3-5-12(8-10)17-14-9-11(16-2)6-7-13(14)15/h3-9,17H,15H2,1H3. The van der Waals surface area contributed by atoms with Gasteiger partial charge in [0.25, 0.3) is 0 Å². The molecule has 0 unspecified atom stereocenters. The highest BCUT2D eigenvalue weighted by Crippen LogP contribution is 2.28. The number of nitrogens with one attached hydrogen (secondary N) is 1. The van der Waals surface area contributed by atoms with Crippen LogP contribution in [0.3, 0.4) is 0 Å². The maximum Gasteiger partial charge on any atom is 0.189 e. The van der Waals surface area contributed by atoms with E-state index in [-0.39, 0.29) is 0 Å². The summed E-state index contributed by atoms with van der Waals surface area (Å²) >= 11 is 0. The van der Waals surface area contributed by atoms with E-state index in [0.29, 0.717) is 11.4 Å². The van der Waals surface area contributed by atoms with Gasteiger partial charge in [0.1, 0.15) is 0 Å². The van der Waals surface area contributed by atoms with Gasteiger partial charge in [0.05, 0.1) is 17.9 Å². The van der Waals surface area contributed by atoms with Crippen molar-refractivity contribution in [2.24, 2.45) is 0 Å². The lowest BCUT2D eigenvalue weighted by atomic mass is 10.2. The first-order valence-corrected chi connectivity index (χ1v) is 5.30. The Morgan fingerprint density at radius 1 is 1.18 bits per heavy atom. The van der Waals surface area contributed by atoms with Crippen molar-refractivity contribution in [1.29, 1.82) is 0 Å². The largest absolute Gasteiger partial charge is 0.397 e. The van der Waals surface area contributed by atoms with Gasteiger partial charge in [-0.3, -0.25) is 0 Å². The molecule has 2 rings (SSSR count). The predicted octanol–water partition coefficient (Wildman–Crippen LogP) is 3.87. The lowest BCUT2D eigenvalue weighted by molar-refractivity contribution is 1.45. The second kappa shape index (κ2) is 4.58. The van der Waals surface area contributed by atoms with Gasteiger partial charge in [0.15, 0.2) is 5.69 Å². The Kier molecular flexibility index (Phi) is 2.97. The highest BCUT2D eigenvalue weighted by molar-refractivity contribution is 5.76. The lowest BCUT2D eigenvalue weighted by Gasteiger charge is -2.10. The number of nitrogens with zero attached hydrogens (tertiary/aromatic N) is 1. The number of anilines is 3. The van der Waals surface area contributed by atoms with Crippen molar-refractivity contribution < 1.29 is 0 Å². The van der Waals surface area contributed by atoms with Gasteiger partial charge in [-0.05, 0) is 36.8 Å². The summed E-state index contributed by atoms with van der Waals surface area (Å²) in [6.07, 6.45) is 0. The van der Waals surface area contributed by atoms with Gasteiger partial charge in [0.2, 0.25) is 0 Å². The van der Waals surface area contributed by atoms with Crippen LogP contribution in [-0.4, -0.2) is 0 Å². The van der Waals surface area contributed by atoms with E-state index in [2.05, 4.69) is 10.2 Å². The molecular formula is C14H13N3. The quantitative estimate of drug-likeness (QED) is 0.599. The second-order valence-corrected chi connectivity index (χ2v) is 3.88. The zero-order valence-corrected chi connectivity index (χ0v) is 9.57. The number of nitrogen functional groups attached to an aromatic ring is 1. The van der Waals surface area contributed by atoms with Crippen LogP contribution >= 0.6 is 0 Å². The van der Waals surface area contributed by atoms with E-state index in [4.69, 9.17) is 12.3 Å². The molecule has 0 amide bonds. The van der Waals surface area contributed by atoms with Crippen molar-refractivity contribution >= 4 is 22.7 Å². The van der Waals surface area contributed by atoms with Crippen LogP contribution in [0.5, 0.6) is 0 Å². The van der Waals surface area contributed by atoms with Gasteiger partial charge in [-0.15, -0.1) is 0 Å². The molecule has 0 aliphatic rings. The molecule has 2 aromatic rings. The Balaban J connectivity index is 2.33. The van der Waals surface area contributed by atoms with E-state index in [1.807, 2.05) is 31.2 Å². The molecule has 0 radical (unpaired) electrons. The van der Waals surface area contributed by atoms with Crippen molar-refractivity contribution in [2.75, 3.05) is 11.1 Å². The van der Waals surface area contributed by atoms with Crippen LogP contribution in [0.15, 0.2) is 42.5 Å². The summed E-state index contributed by atoms with van der Waals surface area (Å²) in [5.74, 6) is 0. The molecule has 3 heteroatoms. The maximum atomic E-state index is 6.98. The number of hydrogen-bond donors (Lipinski definition) is 2. The Bertz CT molecular complexity index is 582. The van der Waals surface area contributed by atoms with Crippen LogP contribution in [-0.2, 0) is 0 Å². The summed E-state index contributed by atoms with van der Waals surface area (Å²) in [6, 6.07) is 13.2. The Morgan fingerprint density at radius 3 is 2.71 bits per heavy atom. The highest BCUT2D eigenvalue weighted by Gasteiger charge is 2.01. The molecule has 0 saturated heterocycles. The summed E-state index contributed by atoms with van der Waals surface area (Å²) < 4.78 is 0. The van der Waals surface area contributed by atoms with E-state index < -0.39 is 0 Å². The number of hydrogen-bond acceptors (Lipinski definition) is 2. The average molecular weight is 223 g/mol. The molecule has 2 aromatic carbocycles. The molecule has 0 atom stereocenters. The van der Waals surface area contributed by atoms with Gasteiger partial charge < -0.3 is 11.1 Å². The van der Waals surface area contributed by atoms with Gasteiger partial charge in [-0.25, -0.2) is 4.85 Å². The third-order valence-corrected chi connectivity index (χ3v) is 2.46. The zero-order chi connectivity index (χ0) is 12.3. The number of benzene rings is 2. The molecule has 0 aliphatic heterocycles. The molecule has 0 heterocycles. The van der Waals surface area contributed by atoms with Crippen LogP contribution < -0.4 is 11.1 Å². The fraction of sp³-hybridized carbons (Fsp3) is 0.0714. The summed E-state index contributed by atoms with van der Waals surface area (Å²) in [5, 5.41) is 3.22. The van der Waals surface area contributed by atoms with E-state index in [0.717, 1.165) is 11.4 Å². The van der Waals surface area contributed by atoms with Gasteiger partial charge in [-0.1, -0.05) is 18.2 Å². The molecule has 3 N–H and O–H groups in total. The first-order chi connectivity index (χ1) is 8.19. The molecule has 0 bridgehead atoms. The second-order valence-electron chi connectivity index (χ2n) is 3.88. The topological polar surface area (TPSA) is 42.4 Å². The molecule has 0 saturated carbocycles. The molecule has 0 aliphatic carbocycles. The smallest absolute Gasteiger partial charge is 0.189 e. The first-order valence-electron chi connectivity index (χ1n) is 5.30. The summed E-state index contributed by atoms with van der Waals surface area (Å²) in [6.45, 7) is 9.01. The lowest BCUT2D eigenvalue weighted by Crippen LogP contribution is -1.95. The molecule has 0 spiro atoms. The highest BCUT2D eigenvalue weighted by atomic mass is 14.9. The maximum absolute atomic E-state index is 6.98. The molecule has 0 fully saturated rings. The van der Waals surface area contributed by atoms with Gasteiger partial charge in [-0.2, -0.15) is 0 Å². The van der Waals surface area contributed by atoms with E-state index >= 15 is 0 Å². The van der Waals surface area contributed by atoms with Crippen molar-refractivity contribution in [3.63, 3.8) is 0 Å². The van der Waals surface area contributed by atoms with Crippen LogP contribution in [0.4, 0.5) is 22.7 Å². The van der Waals surface area contributed by atoms with Crippen molar-refractivity contribution in [2.45, 2.75) is 6.92 Å². The van der Waals surface area contributed by atoms with Crippen molar-refractivity contribution in [3.05, 3.63) is 59.4 Å². The third-order valence-electron chi connectivity index (χ3n) is 2.46. The molecular weight excluding hydrogens is 210 g/mol. The molecule has 0 aromatic heterocycles. The fourth-order valence-electron chi connectivity index (χ4n) is 1.60. The average Bonchev–Trinajstić information content (AvgIpc) is 2.32. The SMILES string of the molecule is [C-]#[N+]c1ccc(N)c(Nc2cccc(C)c2)c1. The molecule has 84 valence electrons.